The number of hydrogen-bond donors (Lipinski definition) is 1. The van der Waals surface area contributed by atoms with Crippen LogP contribution >= 0.6 is 11.8 Å². The zero-order valence-corrected chi connectivity index (χ0v) is 13.2. The van der Waals surface area contributed by atoms with E-state index in [0.29, 0.717) is 22.6 Å². The second-order valence-corrected chi connectivity index (χ2v) is 6.15. The summed E-state index contributed by atoms with van der Waals surface area (Å²) in [5.74, 6) is 0.818. The van der Waals surface area contributed by atoms with E-state index in [-0.39, 0.29) is 0 Å². The van der Waals surface area contributed by atoms with Crippen LogP contribution < -0.4 is 11.2 Å². The summed E-state index contributed by atoms with van der Waals surface area (Å²) in [5, 5.41) is 5.24. The van der Waals surface area contributed by atoms with E-state index in [0.717, 1.165) is 11.3 Å². The van der Waals surface area contributed by atoms with Gasteiger partial charge in [0.2, 0.25) is 0 Å². The molecule has 0 fully saturated rings. The van der Waals surface area contributed by atoms with Gasteiger partial charge in [0.15, 0.2) is 5.52 Å². The van der Waals surface area contributed by atoms with Gasteiger partial charge in [-0.25, -0.2) is 4.79 Å². The molecule has 3 aromatic rings. The van der Waals surface area contributed by atoms with Gasteiger partial charge in [-0.2, -0.15) is 5.10 Å². The molecule has 3 rings (SSSR count). The van der Waals surface area contributed by atoms with Crippen LogP contribution in [-0.2, 0) is 13.6 Å². The second-order valence-electron chi connectivity index (χ2n) is 4.90. The summed E-state index contributed by atoms with van der Waals surface area (Å²) in [6, 6.07) is 9.80. The van der Waals surface area contributed by atoms with Crippen LogP contribution in [0.25, 0.3) is 11.0 Å². The van der Waals surface area contributed by atoms with Crippen molar-refractivity contribution < 1.29 is 0 Å². The third-order valence-corrected chi connectivity index (χ3v) is 4.27. The minimum atomic E-state index is -0.422. The van der Waals surface area contributed by atoms with Crippen LogP contribution in [0.2, 0.25) is 0 Å². The maximum Gasteiger partial charge on any atom is 0.328 e. The number of benzene rings is 1. The number of nitrogens with one attached hydrogen (secondary N) is 1. The number of fused-ring (bicyclic) bond motifs is 1. The first-order valence-corrected chi connectivity index (χ1v) is 7.97. The number of nitrogens with zero attached hydrogens (tertiary/aromatic N) is 3. The number of H-pyrrole nitrogens is 1. The summed E-state index contributed by atoms with van der Waals surface area (Å²) in [4.78, 5) is 26.4. The molecule has 0 radical (unpaired) electrons. The quantitative estimate of drug-likeness (QED) is 0.742. The van der Waals surface area contributed by atoms with Crippen molar-refractivity contribution in [2.24, 2.45) is 7.05 Å². The van der Waals surface area contributed by atoms with Gasteiger partial charge in [-0.1, -0.05) is 37.3 Å². The van der Waals surface area contributed by atoms with Crippen molar-refractivity contribution in [2.75, 3.05) is 5.75 Å². The van der Waals surface area contributed by atoms with Gasteiger partial charge in [-0.05, 0) is 11.3 Å². The predicted octanol–water partition coefficient (Wildman–Crippen LogP) is 1.58. The average molecular weight is 316 g/mol. The van der Waals surface area contributed by atoms with Crippen LogP contribution in [-0.4, -0.2) is 25.1 Å². The van der Waals surface area contributed by atoms with Crippen molar-refractivity contribution in [1.29, 1.82) is 0 Å². The topological polar surface area (TPSA) is 72.7 Å². The van der Waals surface area contributed by atoms with E-state index in [4.69, 9.17) is 0 Å². The molecule has 0 bridgehead atoms. The van der Waals surface area contributed by atoms with Crippen molar-refractivity contribution in [1.82, 2.24) is 19.3 Å². The first-order valence-electron chi connectivity index (χ1n) is 6.98. The number of thioether (sulfide) groups is 1. The molecule has 0 amide bonds. The molecule has 6 nitrogen and oxygen atoms in total. The molecule has 114 valence electrons. The molecule has 0 aliphatic heterocycles. The summed E-state index contributed by atoms with van der Waals surface area (Å²) >= 11 is 1.52. The number of aromatic nitrogens is 4. The maximum atomic E-state index is 12.2. The highest BCUT2D eigenvalue weighted by atomic mass is 32.2. The molecule has 0 unspecified atom stereocenters. The SMILES string of the molecule is CCSc1nn(Cc2ccccc2)c2c(=O)[nH]c(=O)n(C)c12. The lowest BCUT2D eigenvalue weighted by molar-refractivity contribution is 0.685. The van der Waals surface area contributed by atoms with E-state index >= 15 is 0 Å². The predicted molar refractivity (Wildman–Crippen MR) is 87.5 cm³/mol. The average Bonchev–Trinajstić information content (AvgIpc) is 2.85. The Bertz CT molecular complexity index is 924. The molecule has 22 heavy (non-hydrogen) atoms. The van der Waals surface area contributed by atoms with E-state index in [1.807, 2.05) is 37.3 Å². The highest BCUT2D eigenvalue weighted by molar-refractivity contribution is 7.99. The Morgan fingerprint density at radius 2 is 1.91 bits per heavy atom. The highest BCUT2D eigenvalue weighted by Gasteiger charge is 2.17. The van der Waals surface area contributed by atoms with Crippen LogP contribution in [0.3, 0.4) is 0 Å². The normalized spacial score (nSPS) is 11.2. The summed E-state index contributed by atoms with van der Waals surface area (Å²) in [6.07, 6.45) is 0. The molecular weight excluding hydrogens is 300 g/mol. The summed E-state index contributed by atoms with van der Waals surface area (Å²) in [5.41, 5.74) is 1.26. The van der Waals surface area contributed by atoms with Crippen LogP contribution in [0.1, 0.15) is 12.5 Å². The molecule has 0 saturated carbocycles. The van der Waals surface area contributed by atoms with Gasteiger partial charge >= 0.3 is 5.69 Å². The Kier molecular flexibility index (Phi) is 3.89. The molecule has 0 aliphatic carbocycles. The molecule has 1 aromatic carbocycles. The van der Waals surface area contributed by atoms with Gasteiger partial charge in [0.05, 0.1) is 6.54 Å². The zero-order chi connectivity index (χ0) is 15.7. The largest absolute Gasteiger partial charge is 0.328 e. The number of aryl methyl sites for hydroxylation is 1. The fourth-order valence-electron chi connectivity index (χ4n) is 2.40. The first-order chi connectivity index (χ1) is 10.6. The smallest absolute Gasteiger partial charge is 0.292 e. The minimum Gasteiger partial charge on any atom is -0.292 e. The number of aromatic amines is 1. The Morgan fingerprint density at radius 1 is 1.18 bits per heavy atom. The van der Waals surface area contributed by atoms with E-state index in [1.54, 1.807) is 11.7 Å². The van der Waals surface area contributed by atoms with E-state index in [2.05, 4.69) is 10.1 Å². The van der Waals surface area contributed by atoms with Crippen molar-refractivity contribution in [3.05, 3.63) is 56.7 Å². The molecule has 0 atom stereocenters. The molecule has 2 aromatic heterocycles. The van der Waals surface area contributed by atoms with Crippen LogP contribution in [0.4, 0.5) is 0 Å². The van der Waals surface area contributed by atoms with Crippen molar-refractivity contribution in [3.8, 4) is 0 Å². The Labute approximate surface area is 130 Å². The number of rotatable bonds is 4. The lowest BCUT2D eigenvalue weighted by Gasteiger charge is -2.03. The van der Waals surface area contributed by atoms with Crippen molar-refractivity contribution >= 4 is 22.8 Å². The van der Waals surface area contributed by atoms with E-state index in [9.17, 15) is 9.59 Å². The molecule has 2 heterocycles. The molecular formula is C15H16N4O2S. The van der Waals surface area contributed by atoms with Gasteiger partial charge in [-0.3, -0.25) is 19.0 Å². The van der Waals surface area contributed by atoms with Gasteiger partial charge in [0, 0.05) is 7.05 Å². The number of hydrogen-bond acceptors (Lipinski definition) is 4. The van der Waals surface area contributed by atoms with Gasteiger partial charge in [0.1, 0.15) is 10.5 Å². The standard InChI is InChI=1S/C15H16N4O2S/c1-3-22-14-12-11(13(20)16-15(21)18(12)2)19(17-14)9-10-7-5-4-6-8-10/h4-8H,3,9H2,1-2H3,(H,16,20,21). The zero-order valence-electron chi connectivity index (χ0n) is 12.4. The van der Waals surface area contributed by atoms with Crippen molar-refractivity contribution in [2.45, 2.75) is 18.5 Å². The maximum absolute atomic E-state index is 12.2. The monoisotopic (exact) mass is 316 g/mol. The van der Waals surface area contributed by atoms with Crippen LogP contribution in [0, 0.1) is 0 Å². The molecule has 0 saturated heterocycles. The van der Waals surface area contributed by atoms with Gasteiger partial charge in [-0.15, -0.1) is 11.8 Å². The van der Waals surface area contributed by atoms with Crippen LogP contribution in [0.15, 0.2) is 44.9 Å². The Morgan fingerprint density at radius 3 is 2.59 bits per heavy atom. The van der Waals surface area contributed by atoms with Crippen molar-refractivity contribution in [3.63, 3.8) is 0 Å². The first kappa shape index (κ1) is 14.6. The van der Waals surface area contributed by atoms with Gasteiger partial charge < -0.3 is 0 Å². The summed E-state index contributed by atoms with van der Waals surface area (Å²) < 4.78 is 3.12. The molecule has 1 N–H and O–H groups in total. The fourth-order valence-corrected chi connectivity index (χ4v) is 3.20. The van der Waals surface area contributed by atoms with Gasteiger partial charge in [0.25, 0.3) is 5.56 Å². The third-order valence-electron chi connectivity index (χ3n) is 3.43. The Balaban J connectivity index is 2.25. The third kappa shape index (κ3) is 2.48. The lowest BCUT2D eigenvalue weighted by Crippen LogP contribution is -2.29. The lowest BCUT2D eigenvalue weighted by atomic mass is 10.2. The Hall–Kier alpha value is -2.28. The fraction of sp³-hybridized carbons (Fsp3) is 0.267. The second kappa shape index (κ2) is 5.84. The molecule has 7 heteroatoms. The summed E-state index contributed by atoms with van der Waals surface area (Å²) in [7, 11) is 1.65. The minimum absolute atomic E-state index is 0.399. The summed E-state index contributed by atoms with van der Waals surface area (Å²) in [6.45, 7) is 2.50. The highest BCUT2D eigenvalue weighted by Crippen LogP contribution is 2.24. The molecule has 0 aliphatic rings. The molecule has 0 spiro atoms. The van der Waals surface area contributed by atoms with Crippen LogP contribution in [0.5, 0.6) is 0 Å². The van der Waals surface area contributed by atoms with E-state index in [1.165, 1.54) is 16.3 Å². The van der Waals surface area contributed by atoms with E-state index < -0.39 is 11.2 Å².